The van der Waals surface area contributed by atoms with Crippen LogP contribution in [0.1, 0.15) is 17.5 Å². The first-order valence-corrected chi connectivity index (χ1v) is 11.0. The van der Waals surface area contributed by atoms with Crippen molar-refractivity contribution in [2.45, 2.75) is 13.0 Å². The summed E-state index contributed by atoms with van der Waals surface area (Å²) in [6.07, 6.45) is -1.12. The molecule has 9 nitrogen and oxygen atoms in total. The smallest absolute Gasteiger partial charge is 0.379 e. The number of esters is 1. The van der Waals surface area contributed by atoms with Crippen molar-refractivity contribution < 1.29 is 28.2 Å². The summed E-state index contributed by atoms with van der Waals surface area (Å²) < 4.78 is 30.7. The molecule has 2 aromatic carbocycles. The van der Waals surface area contributed by atoms with Gasteiger partial charge in [-0.25, -0.2) is 13.9 Å². The van der Waals surface area contributed by atoms with E-state index >= 15 is 0 Å². The molecule has 1 N–H and O–H groups in total. The largest absolute Gasteiger partial charge is 0.454 e. The Bertz CT molecular complexity index is 1350. The van der Waals surface area contributed by atoms with Crippen molar-refractivity contribution in [1.29, 1.82) is 0 Å². The monoisotopic (exact) mass is 480 g/mol. The lowest BCUT2D eigenvalue weighted by atomic mass is 10.2. The number of halogens is 1. The van der Waals surface area contributed by atoms with Gasteiger partial charge in [0, 0.05) is 11.8 Å². The lowest BCUT2D eigenvalue weighted by Gasteiger charge is -2.12. The molecule has 1 unspecified atom stereocenters. The molecule has 2 aromatic heterocycles. The van der Waals surface area contributed by atoms with Gasteiger partial charge >= 0.3 is 5.97 Å². The molecule has 0 saturated carbocycles. The number of rotatable bonds is 6. The molecule has 1 aliphatic heterocycles. The Balaban J connectivity index is 1.33. The van der Waals surface area contributed by atoms with Gasteiger partial charge in [-0.3, -0.25) is 4.79 Å². The Labute approximate surface area is 196 Å². The lowest BCUT2D eigenvalue weighted by molar-refractivity contribution is -0.123. The highest BCUT2D eigenvalue weighted by Crippen LogP contribution is 2.34. The second kappa shape index (κ2) is 8.94. The minimum Gasteiger partial charge on any atom is -0.454 e. The highest BCUT2D eigenvalue weighted by Gasteiger charge is 2.25. The highest BCUT2D eigenvalue weighted by atomic mass is 32.1. The minimum atomic E-state index is -1.12. The summed E-state index contributed by atoms with van der Waals surface area (Å²) >= 11 is 1.41. The second-order valence-corrected chi connectivity index (χ2v) is 8.18. The third-order valence-corrected chi connectivity index (χ3v) is 5.76. The second-order valence-electron chi connectivity index (χ2n) is 7.23. The number of nitrogens with one attached hydrogen (secondary N) is 1. The van der Waals surface area contributed by atoms with Crippen LogP contribution in [-0.4, -0.2) is 39.5 Å². The average Bonchev–Trinajstić information content (AvgIpc) is 3.59. The van der Waals surface area contributed by atoms with Gasteiger partial charge in [0.05, 0.1) is 10.6 Å². The van der Waals surface area contributed by atoms with E-state index in [9.17, 15) is 14.0 Å². The summed E-state index contributed by atoms with van der Waals surface area (Å²) in [4.78, 5) is 30.4. The van der Waals surface area contributed by atoms with Crippen LogP contribution in [0.5, 0.6) is 11.5 Å². The van der Waals surface area contributed by atoms with Crippen LogP contribution in [0.15, 0.2) is 60.0 Å². The van der Waals surface area contributed by atoms with Gasteiger partial charge in [0.15, 0.2) is 23.4 Å². The number of amides is 1. The van der Waals surface area contributed by atoms with Crippen LogP contribution < -0.4 is 14.8 Å². The summed E-state index contributed by atoms with van der Waals surface area (Å²) in [5.41, 5.74) is 0.987. The van der Waals surface area contributed by atoms with E-state index in [2.05, 4.69) is 15.4 Å². The fourth-order valence-corrected chi connectivity index (χ4v) is 3.91. The Morgan fingerprint density at radius 1 is 1.15 bits per heavy atom. The maximum absolute atomic E-state index is 13.4. The van der Waals surface area contributed by atoms with E-state index in [1.165, 1.54) is 47.2 Å². The molecule has 1 amide bonds. The van der Waals surface area contributed by atoms with Gasteiger partial charge in [0.1, 0.15) is 5.82 Å². The van der Waals surface area contributed by atoms with Crippen LogP contribution in [-0.2, 0) is 9.53 Å². The van der Waals surface area contributed by atoms with Crippen LogP contribution in [0.25, 0.3) is 16.4 Å². The third kappa shape index (κ3) is 4.33. The average molecular weight is 480 g/mol. The molecule has 4 aromatic rings. The van der Waals surface area contributed by atoms with Crippen LogP contribution in [0.3, 0.4) is 0 Å². The molecule has 5 rings (SSSR count). The Morgan fingerprint density at radius 3 is 2.71 bits per heavy atom. The number of aromatic nitrogens is 3. The summed E-state index contributed by atoms with van der Waals surface area (Å²) in [5, 5.41) is 8.78. The van der Waals surface area contributed by atoms with Crippen LogP contribution >= 0.6 is 11.3 Å². The molecular weight excluding hydrogens is 463 g/mol. The SMILES string of the molecule is CC(OC(=O)c1nc(-c2cccs2)n(-c2ccc(F)cc2)n1)C(=O)Nc1ccc2c(c1)OCO2. The summed E-state index contributed by atoms with van der Waals surface area (Å²) in [5.74, 6) is -0.540. The lowest BCUT2D eigenvalue weighted by Crippen LogP contribution is -2.30. The molecule has 0 spiro atoms. The maximum atomic E-state index is 13.4. The van der Waals surface area contributed by atoms with Crippen molar-refractivity contribution in [3.05, 3.63) is 71.6 Å². The first-order valence-electron chi connectivity index (χ1n) is 10.2. The number of thiophene rings is 1. The van der Waals surface area contributed by atoms with Gasteiger partial charge in [0.25, 0.3) is 11.7 Å². The molecule has 34 heavy (non-hydrogen) atoms. The van der Waals surface area contributed by atoms with E-state index in [0.717, 1.165) is 4.88 Å². The number of ether oxygens (including phenoxy) is 3. The van der Waals surface area contributed by atoms with E-state index < -0.39 is 23.8 Å². The van der Waals surface area contributed by atoms with Gasteiger partial charge in [-0.1, -0.05) is 6.07 Å². The van der Waals surface area contributed by atoms with Crippen LogP contribution in [0.2, 0.25) is 0 Å². The summed E-state index contributed by atoms with van der Waals surface area (Å²) in [6.45, 7) is 1.56. The number of benzene rings is 2. The fraction of sp³-hybridized carbons (Fsp3) is 0.130. The molecule has 0 fully saturated rings. The molecule has 172 valence electrons. The number of nitrogens with zero attached hydrogens (tertiary/aromatic N) is 3. The van der Waals surface area contributed by atoms with E-state index in [4.69, 9.17) is 14.2 Å². The predicted octanol–water partition coefficient (Wildman–Crippen LogP) is 4.05. The van der Waals surface area contributed by atoms with Crippen molar-refractivity contribution >= 4 is 28.9 Å². The Kier molecular flexibility index (Phi) is 5.68. The molecule has 11 heteroatoms. The molecule has 0 bridgehead atoms. The van der Waals surface area contributed by atoms with E-state index in [-0.39, 0.29) is 12.6 Å². The molecule has 1 aliphatic rings. The van der Waals surface area contributed by atoms with Crippen LogP contribution in [0.4, 0.5) is 10.1 Å². The zero-order chi connectivity index (χ0) is 23.7. The number of hydrogen-bond acceptors (Lipinski definition) is 8. The normalized spacial score (nSPS) is 12.9. The standard InChI is InChI=1S/C23H17FN4O5S/c1-13(22(29)25-15-6-9-17-18(11-15)32-12-31-17)33-23(30)20-26-21(19-3-2-10-34-19)28(27-20)16-7-4-14(24)5-8-16/h2-11,13H,12H2,1H3,(H,25,29). The predicted molar refractivity (Wildman–Crippen MR) is 121 cm³/mol. The number of hydrogen-bond donors (Lipinski definition) is 1. The summed E-state index contributed by atoms with van der Waals surface area (Å²) in [7, 11) is 0. The van der Waals surface area contributed by atoms with Gasteiger partial charge < -0.3 is 19.5 Å². The van der Waals surface area contributed by atoms with Crippen molar-refractivity contribution in [1.82, 2.24) is 14.8 Å². The number of carbonyl (C=O) groups is 2. The maximum Gasteiger partial charge on any atom is 0.379 e. The molecule has 0 aliphatic carbocycles. The van der Waals surface area contributed by atoms with Crippen molar-refractivity contribution in [3.8, 4) is 27.9 Å². The van der Waals surface area contributed by atoms with Gasteiger partial charge in [-0.2, -0.15) is 4.98 Å². The minimum absolute atomic E-state index is 0.117. The Hall–Kier alpha value is -4.25. The van der Waals surface area contributed by atoms with E-state index in [1.807, 2.05) is 17.5 Å². The first kappa shape index (κ1) is 21.6. The molecular formula is C23H17FN4O5S. The van der Waals surface area contributed by atoms with Crippen LogP contribution in [0, 0.1) is 5.82 Å². The van der Waals surface area contributed by atoms with Gasteiger partial charge in [-0.05, 0) is 54.8 Å². The number of fused-ring (bicyclic) bond motifs is 1. The van der Waals surface area contributed by atoms with E-state index in [1.54, 1.807) is 18.2 Å². The third-order valence-electron chi connectivity index (χ3n) is 4.90. The van der Waals surface area contributed by atoms with Crippen molar-refractivity contribution in [2.24, 2.45) is 0 Å². The molecule has 1 atom stereocenters. The van der Waals surface area contributed by atoms with Crippen molar-refractivity contribution in [2.75, 3.05) is 12.1 Å². The zero-order valence-electron chi connectivity index (χ0n) is 17.7. The Morgan fingerprint density at radius 2 is 1.94 bits per heavy atom. The summed E-state index contributed by atoms with van der Waals surface area (Å²) in [6, 6.07) is 14.2. The zero-order valence-corrected chi connectivity index (χ0v) is 18.5. The number of carbonyl (C=O) groups excluding carboxylic acids is 2. The molecule has 0 radical (unpaired) electrons. The molecule has 3 heterocycles. The highest BCUT2D eigenvalue weighted by molar-refractivity contribution is 7.13. The quantitative estimate of drug-likeness (QED) is 0.415. The van der Waals surface area contributed by atoms with Gasteiger partial charge in [0.2, 0.25) is 6.79 Å². The number of anilines is 1. The first-order chi connectivity index (χ1) is 16.5. The van der Waals surface area contributed by atoms with E-state index in [0.29, 0.717) is 28.7 Å². The molecule has 0 saturated heterocycles. The van der Waals surface area contributed by atoms with Crippen molar-refractivity contribution in [3.63, 3.8) is 0 Å². The van der Waals surface area contributed by atoms with Gasteiger partial charge in [-0.15, -0.1) is 16.4 Å². The fourth-order valence-electron chi connectivity index (χ4n) is 3.21. The topological polar surface area (TPSA) is 105 Å².